The number of hydrogen-bond donors (Lipinski definition) is 2. The fraction of sp³-hybridized carbons (Fsp3) is 0.611. The van der Waals surface area contributed by atoms with E-state index in [0.717, 1.165) is 56.1 Å². The van der Waals surface area contributed by atoms with Gasteiger partial charge in [0, 0.05) is 38.1 Å². The number of nitrogens with two attached hydrogens (primary N) is 1. The van der Waals surface area contributed by atoms with Gasteiger partial charge in [-0.05, 0) is 44.4 Å². The van der Waals surface area contributed by atoms with E-state index in [1.54, 1.807) is 6.20 Å². The standard InChI is InChI=1S/C18H26N6O/c1-23-11-8-20-17(23)15(25)12-6-9-24(10-7-12)16-13-4-2-3-5-14(13)21-18(19)22-16/h8,11-12,15,25H,2-7,9-10H2,1H3,(H2,19,21,22)/t15-/m0/s1. The van der Waals surface area contributed by atoms with Crippen molar-refractivity contribution in [1.29, 1.82) is 0 Å². The molecule has 1 aliphatic carbocycles. The Bertz CT molecular complexity index is 750. The van der Waals surface area contributed by atoms with Crippen LogP contribution in [0.15, 0.2) is 12.4 Å². The van der Waals surface area contributed by atoms with Gasteiger partial charge in [-0.1, -0.05) is 0 Å². The van der Waals surface area contributed by atoms with Crippen molar-refractivity contribution in [3.8, 4) is 0 Å². The first-order chi connectivity index (χ1) is 12.1. The highest BCUT2D eigenvalue weighted by atomic mass is 16.3. The summed E-state index contributed by atoms with van der Waals surface area (Å²) in [6, 6.07) is 0. The molecule has 0 spiro atoms. The normalized spacial score (nSPS) is 19.7. The van der Waals surface area contributed by atoms with Crippen molar-refractivity contribution in [3.63, 3.8) is 0 Å². The molecule has 134 valence electrons. The first-order valence-electron chi connectivity index (χ1n) is 9.19. The first kappa shape index (κ1) is 16.3. The Morgan fingerprint density at radius 1 is 1.20 bits per heavy atom. The topological polar surface area (TPSA) is 93.1 Å². The van der Waals surface area contributed by atoms with Gasteiger partial charge in [0.25, 0.3) is 0 Å². The van der Waals surface area contributed by atoms with E-state index in [4.69, 9.17) is 5.73 Å². The lowest BCUT2D eigenvalue weighted by Gasteiger charge is -2.36. The summed E-state index contributed by atoms with van der Waals surface area (Å²) in [6.45, 7) is 1.77. The van der Waals surface area contributed by atoms with Gasteiger partial charge in [-0.3, -0.25) is 0 Å². The number of rotatable bonds is 3. The summed E-state index contributed by atoms with van der Waals surface area (Å²) in [6.07, 6.45) is 9.38. The van der Waals surface area contributed by atoms with Crippen LogP contribution in [0.3, 0.4) is 0 Å². The SMILES string of the molecule is Cn1ccnc1[C@@H](O)C1CCN(c2nc(N)nc3c2CCCC3)CC1. The summed E-state index contributed by atoms with van der Waals surface area (Å²) in [5.74, 6) is 2.38. The molecule has 1 saturated heterocycles. The predicted octanol–water partition coefficient (Wildman–Crippen LogP) is 1.62. The molecular formula is C18H26N6O. The average molecular weight is 342 g/mol. The van der Waals surface area contributed by atoms with Crippen LogP contribution >= 0.6 is 0 Å². The largest absolute Gasteiger partial charge is 0.385 e. The van der Waals surface area contributed by atoms with Crippen LogP contribution in [-0.2, 0) is 19.9 Å². The van der Waals surface area contributed by atoms with Gasteiger partial charge in [0.1, 0.15) is 17.7 Å². The van der Waals surface area contributed by atoms with Crippen molar-refractivity contribution in [2.75, 3.05) is 23.7 Å². The number of imidazole rings is 1. The van der Waals surface area contributed by atoms with Crippen molar-refractivity contribution < 1.29 is 5.11 Å². The minimum atomic E-state index is -0.508. The molecule has 0 bridgehead atoms. The molecule has 1 fully saturated rings. The van der Waals surface area contributed by atoms with Crippen molar-refractivity contribution in [2.45, 2.75) is 44.6 Å². The van der Waals surface area contributed by atoms with Crippen molar-refractivity contribution in [2.24, 2.45) is 13.0 Å². The van der Waals surface area contributed by atoms with Crippen LogP contribution in [-0.4, -0.2) is 37.7 Å². The molecule has 2 aromatic heterocycles. The van der Waals surface area contributed by atoms with E-state index in [1.807, 2.05) is 17.8 Å². The third kappa shape index (κ3) is 3.08. The predicted molar refractivity (Wildman–Crippen MR) is 96.2 cm³/mol. The van der Waals surface area contributed by atoms with E-state index in [0.29, 0.717) is 5.95 Å². The maximum atomic E-state index is 10.7. The quantitative estimate of drug-likeness (QED) is 0.880. The van der Waals surface area contributed by atoms with Crippen LogP contribution in [0.25, 0.3) is 0 Å². The average Bonchev–Trinajstić information content (AvgIpc) is 3.06. The number of aliphatic hydroxyl groups is 1. The first-order valence-corrected chi connectivity index (χ1v) is 9.19. The van der Waals surface area contributed by atoms with Crippen LogP contribution in [0, 0.1) is 5.92 Å². The zero-order chi connectivity index (χ0) is 17.4. The number of aryl methyl sites for hydroxylation is 2. The van der Waals surface area contributed by atoms with Crippen molar-refractivity contribution in [1.82, 2.24) is 19.5 Å². The van der Waals surface area contributed by atoms with Gasteiger partial charge < -0.3 is 20.3 Å². The number of nitrogen functional groups attached to an aromatic ring is 1. The van der Waals surface area contributed by atoms with E-state index in [2.05, 4.69) is 19.9 Å². The molecule has 0 radical (unpaired) electrons. The summed E-state index contributed by atoms with van der Waals surface area (Å²) < 4.78 is 1.90. The highest BCUT2D eigenvalue weighted by Crippen LogP contribution is 2.34. The number of aromatic nitrogens is 4. The minimum Gasteiger partial charge on any atom is -0.385 e. The molecule has 1 atom stereocenters. The lowest BCUT2D eigenvalue weighted by Crippen LogP contribution is -2.37. The second kappa shape index (κ2) is 6.63. The van der Waals surface area contributed by atoms with Gasteiger partial charge in [-0.25, -0.2) is 9.97 Å². The smallest absolute Gasteiger partial charge is 0.222 e. The molecule has 2 aliphatic rings. The highest BCUT2D eigenvalue weighted by Gasteiger charge is 2.30. The van der Waals surface area contributed by atoms with E-state index in [9.17, 15) is 5.11 Å². The van der Waals surface area contributed by atoms with Gasteiger partial charge in [0.2, 0.25) is 5.95 Å². The molecule has 3 heterocycles. The third-order valence-electron chi connectivity index (χ3n) is 5.59. The Morgan fingerprint density at radius 2 is 1.96 bits per heavy atom. The van der Waals surface area contributed by atoms with Gasteiger partial charge in [-0.2, -0.15) is 4.98 Å². The second-order valence-electron chi connectivity index (χ2n) is 7.20. The molecule has 3 N–H and O–H groups in total. The van der Waals surface area contributed by atoms with E-state index in [-0.39, 0.29) is 5.92 Å². The summed E-state index contributed by atoms with van der Waals surface area (Å²) in [5.41, 5.74) is 8.36. The summed E-state index contributed by atoms with van der Waals surface area (Å²) in [5, 5.41) is 10.7. The number of aliphatic hydroxyl groups excluding tert-OH is 1. The Kier molecular flexibility index (Phi) is 4.33. The van der Waals surface area contributed by atoms with Gasteiger partial charge in [-0.15, -0.1) is 0 Å². The van der Waals surface area contributed by atoms with Crippen LogP contribution in [0.2, 0.25) is 0 Å². The highest BCUT2D eigenvalue weighted by molar-refractivity contribution is 5.53. The number of fused-ring (bicyclic) bond motifs is 1. The number of hydrogen-bond acceptors (Lipinski definition) is 6. The van der Waals surface area contributed by atoms with Crippen molar-refractivity contribution >= 4 is 11.8 Å². The molecule has 7 heteroatoms. The van der Waals surface area contributed by atoms with Crippen LogP contribution in [0.5, 0.6) is 0 Å². The van der Waals surface area contributed by atoms with Gasteiger partial charge >= 0.3 is 0 Å². The lowest BCUT2D eigenvalue weighted by molar-refractivity contribution is 0.0824. The summed E-state index contributed by atoms with van der Waals surface area (Å²) >= 11 is 0. The number of anilines is 2. The Hall–Kier alpha value is -2.15. The zero-order valence-corrected chi connectivity index (χ0v) is 14.7. The van der Waals surface area contributed by atoms with Crippen LogP contribution in [0.4, 0.5) is 11.8 Å². The summed E-state index contributed by atoms with van der Waals surface area (Å²) in [4.78, 5) is 15.6. The monoisotopic (exact) mass is 342 g/mol. The van der Waals surface area contributed by atoms with Crippen LogP contribution < -0.4 is 10.6 Å². The molecule has 7 nitrogen and oxygen atoms in total. The fourth-order valence-corrected chi connectivity index (χ4v) is 4.15. The molecule has 0 aromatic carbocycles. The Labute approximate surface area is 147 Å². The van der Waals surface area contributed by atoms with Gasteiger partial charge in [0.15, 0.2) is 0 Å². The van der Waals surface area contributed by atoms with E-state index < -0.39 is 6.10 Å². The van der Waals surface area contributed by atoms with E-state index >= 15 is 0 Å². The zero-order valence-electron chi connectivity index (χ0n) is 14.7. The Morgan fingerprint density at radius 3 is 2.68 bits per heavy atom. The molecule has 0 unspecified atom stereocenters. The fourth-order valence-electron chi connectivity index (χ4n) is 4.15. The Balaban J connectivity index is 1.49. The summed E-state index contributed by atoms with van der Waals surface area (Å²) in [7, 11) is 1.93. The molecule has 0 amide bonds. The van der Waals surface area contributed by atoms with E-state index in [1.165, 1.54) is 18.4 Å². The maximum absolute atomic E-state index is 10.7. The maximum Gasteiger partial charge on any atom is 0.222 e. The molecule has 4 rings (SSSR count). The molecule has 0 saturated carbocycles. The van der Waals surface area contributed by atoms with Crippen molar-refractivity contribution in [3.05, 3.63) is 29.5 Å². The van der Waals surface area contributed by atoms with Crippen LogP contribution in [0.1, 0.15) is 48.9 Å². The second-order valence-corrected chi connectivity index (χ2v) is 7.20. The molecular weight excluding hydrogens is 316 g/mol. The minimum absolute atomic E-state index is 0.229. The third-order valence-corrected chi connectivity index (χ3v) is 5.59. The molecule has 1 aliphatic heterocycles. The number of nitrogens with zero attached hydrogens (tertiary/aromatic N) is 5. The molecule has 25 heavy (non-hydrogen) atoms. The van der Waals surface area contributed by atoms with Gasteiger partial charge in [0.05, 0.1) is 5.69 Å². The molecule has 2 aromatic rings. The number of piperidine rings is 1. The lowest BCUT2D eigenvalue weighted by atomic mass is 9.90.